The third-order valence-corrected chi connectivity index (χ3v) is 3.33. The van der Waals surface area contributed by atoms with E-state index in [0.717, 1.165) is 6.42 Å². The zero-order valence-corrected chi connectivity index (χ0v) is 12.0. The van der Waals surface area contributed by atoms with Gasteiger partial charge in [-0.3, -0.25) is 0 Å². The lowest BCUT2D eigenvalue weighted by atomic mass is 9.88. The van der Waals surface area contributed by atoms with Crippen molar-refractivity contribution in [2.45, 2.75) is 40.0 Å². The number of allylic oxidation sites excluding steroid dienone is 5. The monoisotopic (exact) mass is 240 g/mol. The maximum Gasteiger partial charge on any atom is -0.0150 e. The minimum atomic E-state index is 0.590. The molecule has 0 heteroatoms. The number of hydrogen-bond acceptors (Lipinski definition) is 0. The van der Waals surface area contributed by atoms with Gasteiger partial charge in [-0.05, 0) is 42.9 Å². The van der Waals surface area contributed by atoms with E-state index in [1.54, 1.807) is 0 Å². The predicted molar refractivity (Wildman–Crippen MR) is 82.8 cm³/mol. The van der Waals surface area contributed by atoms with Gasteiger partial charge in [-0.1, -0.05) is 68.5 Å². The fourth-order valence-electron chi connectivity index (χ4n) is 2.08. The van der Waals surface area contributed by atoms with Gasteiger partial charge < -0.3 is 0 Å². The molecule has 0 heterocycles. The van der Waals surface area contributed by atoms with Gasteiger partial charge in [0.2, 0.25) is 0 Å². The Hall–Kier alpha value is -1.56. The van der Waals surface area contributed by atoms with Gasteiger partial charge in [0.15, 0.2) is 0 Å². The molecule has 18 heavy (non-hydrogen) atoms. The van der Waals surface area contributed by atoms with Crippen LogP contribution in [0.5, 0.6) is 0 Å². The van der Waals surface area contributed by atoms with Gasteiger partial charge in [0.25, 0.3) is 0 Å². The SMILES string of the molecule is C=C/C=C\C(=C(C)C)c1ccccc1C(C)CC. The average molecular weight is 240 g/mol. The molecule has 0 saturated carbocycles. The Morgan fingerprint density at radius 1 is 1.28 bits per heavy atom. The third-order valence-electron chi connectivity index (χ3n) is 3.33. The van der Waals surface area contributed by atoms with Crippen LogP contribution in [0.15, 0.2) is 54.6 Å². The van der Waals surface area contributed by atoms with Crippen LogP contribution in [-0.2, 0) is 0 Å². The van der Waals surface area contributed by atoms with Crippen molar-refractivity contribution in [1.29, 1.82) is 0 Å². The molecule has 0 aliphatic heterocycles. The first-order chi connectivity index (χ1) is 8.61. The summed E-state index contributed by atoms with van der Waals surface area (Å²) in [5.74, 6) is 0.590. The second kappa shape index (κ2) is 7.00. The molecular weight excluding hydrogens is 216 g/mol. The molecule has 0 nitrogen and oxygen atoms in total. The average Bonchev–Trinajstić information content (AvgIpc) is 2.38. The summed E-state index contributed by atoms with van der Waals surface area (Å²) in [4.78, 5) is 0. The highest BCUT2D eigenvalue weighted by Gasteiger charge is 2.11. The maximum atomic E-state index is 3.75. The summed E-state index contributed by atoms with van der Waals surface area (Å²) in [6.45, 7) is 12.6. The summed E-state index contributed by atoms with van der Waals surface area (Å²) < 4.78 is 0. The number of hydrogen-bond donors (Lipinski definition) is 0. The van der Waals surface area contributed by atoms with Crippen molar-refractivity contribution in [3.05, 3.63) is 65.8 Å². The molecule has 0 fully saturated rings. The molecular formula is C18H24. The Balaban J connectivity index is 3.34. The van der Waals surface area contributed by atoms with Crippen LogP contribution >= 0.6 is 0 Å². The zero-order chi connectivity index (χ0) is 13.5. The van der Waals surface area contributed by atoms with Crippen molar-refractivity contribution >= 4 is 5.57 Å². The lowest BCUT2D eigenvalue weighted by Crippen LogP contribution is -1.98. The van der Waals surface area contributed by atoms with Crippen LogP contribution in [0.3, 0.4) is 0 Å². The van der Waals surface area contributed by atoms with E-state index in [2.05, 4.69) is 64.6 Å². The maximum absolute atomic E-state index is 3.75. The highest BCUT2D eigenvalue weighted by molar-refractivity contribution is 5.78. The van der Waals surface area contributed by atoms with Crippen LogP contribution in [0.4, 0.5) is 0 Å². The fourth-order valence-corrected chi connectivity index (χ4v) is 2.08. The molecule has 1 rings (SSSR count). The molecule has 1 unspecified atom stereocenters. The van der Waals surface area contributed by atoms with Crippen LogP contribution in [0.2, 0.25) is 0 Å². The highest BCUT2D eigenvalue weighted by Crippen LogP contribution is 2.30. The number of rotatable bonds is 5. The molecule has 1 atom stereocenters. The Morgan fingerprint density at radius 2 is 1.94 bits per heavy atom. The Kier molecular flexibility index (Phi) is 5.64. The van der Waals surface area contributed by atoms with E-state index in [4.69, 9.17) is 0 Å². The molecule has 0 spiro atoms. The van der Waals surface area contributed by atoms with Gasteiger partial charge in [0.05, 0.1) is 0 Å². The van der Waals surface area contributed by atoms with Gasteiger partial charge in [-0.15, -0.1) is 0 Å². The Bertz CT molecular complexity index is 457. The molecule has 0 amide bonds. The quantitative estimate of drug-likeness (QED) is 0.576. The molecule has 0 N–H and O–H groups in total. The standard InChI is InChI=1S/C18H24/c1-6-8-11-16(14(3)4)18-13-10-9-12-17(18)15(5)7-2/h6,8-13,15H,1,7H2,2-5H3/b11-8-. The summed E-state index contributed by atoms with van der Waals surface area (Å²) in [5.41, 5.74) is 5.43. The van der Waals surface area contributed by atoms with E-state index in [9.17, 15) is 0 Å². The third kappa shape index (κ3) is 3.46. The van der Waals surface area contributed by atoms with Gasteiger partial charge >= 0.3 is 0 Å². The Morgan fingerprint density at radius 3 is 2.50 bits per heavy atom. The second-order valence-corrected chi connectivity index (χ2v) is 4.91. The van der Waals surface area contributed by atoms with E-state index in [1.165, 1.54) is 22.3 Å². The summed E-state index contributed by atoms with van der Waals surface area (Å²) in [7, 11) is 0. The van der Waals surface area contributed by atoms with E-state index in [1.807, 2.05) is 12.2 Å². The molecule has 0 radical (unpaired) electrons. The first kappa shape index (κ1) is 14.5. The van der Waals surface area contributed by atoms with Crippen molar-refractivity contribution in [3.63, 3.8) is 0 Å². The van der Waals surface area contributed by atoms with Crippen LogP contribution in [0.25, 0.3) is 5.57 Å². The van der Waals surface area contributed by atoms with Crippen molar-refractivity contribution in [3.8, 4) is 0 Å². The molecule has 0 bridgehead atoms. The van der Waals surface area contributed by atoms with E-state index >= 15 is 0 Å². The van der Waals surface area contributed by atoms with Gasteiger partial charge in [-0.25, -0.2) is 0 Å². The van der Waals surface area contributed by atoms with Gasteiger partial charge in [-0.2, -0.15) is 0 Å². The largest absolute Gasteiger partial charge is 0.0991 e. The topological polar surface area (TPSA) is 0 Å². The van der Waals surface area contributed by atoms with Crippen LogP contribution in [0.1, 0.15) is 51.2 Å². The normalized spacial score (nSPS) is 12.4. The molecule has 0 aromatic heterocycles. The summed E-state index contributed by atoms with van der Waals surface area (Å²) >= 11 is 0. The summed E-state index contributed by atoms with van der Waals surface area (Å²) in [5, 5.41) is 0. The Labute approximate surface area is 112 Å². The van der Waals surface area contributed by atoms with Crippen molar-refractivity contribution in [2.24, 2.45) is 0 Å². The van der Waals surface area contributed by atoms with E-state index < -0.39 is 0 Å². The van der Waals surface area contributed by atoms with Gasteiger partial charge in [0.1, 0.15) is 0 Å². The van der Waals surface area contributed by atoms with Crippen LogP contribution < -0.4 is 0 Å². The lowest BCUT2D eigenvalue weighted by molar-refractivity contribution is 0.731. The first-order valence-electron chi connectivity index (χ1n) is 6.67. The summed E-state index contributed by atoms with van der Waals surface area (Å²) in [6.07, 6.45) is 7.16. The molecule has 1 aromatic carbocycles. The van der Waals surface area contributed by atoms with Gasteiger partial charge in [0, 0.05) is 0 Å². The van der Waals surface area contributed by atoms with E-state index in [0.29, 0.717) is 5.92 Å². The molecule has 1 aromatic rings. The second-order valence-electron chi connectivity index (χ2n) is 4.91. The van der Waals surface area contributed by atoms with E-state index in [-0.39, 0.29) is 0 Å². The fraction of sp³-hybridized carbons (Fsp3) is 0.333. The minimum absolute atomic E-state index is 0.590. The highest BCUT2D eigenvalue weighted by atomic mass is 14.2. The molecule has 0 aliphatic rings. The number of benzene rings is 1. The summed E-state index contributed by atoms with van der Waals surface area (Å²) in [6, 6.07) is 8.71. The van der Waals surface area contributed by atoms with Crippen LogP contribution in [0, 0.1) is 0 Å². The smallest absolute Gasteiger partial charge is 0.0150 e. The lowest BCUT2D eigenvalue weighted by Gasteiger charge is -2.16. The molecule has 0 saturated heterocycles. The van der Waals surface area contributed by atoms with Crippen molar-refractivity contribution in [1.82, 2.24) is 0 Å². The van der Waals surface area contributed by atoms with Crippen LogP contribution in [-0.4, -0.2) is 0 Å². The molecule has 0 aliphatic carbocycles. The first-order valence-corrected chi connectivity index (χ1v) is 6.67. The predicted octanol–water partition coefficient (Wildman–Crippen LogP) is 5.74. The van der Waals surface area contributed by atoms with Crippen molar-refractivity contribution in [2.75, 3.05) is 0 Å². The molecule has 96 valence electrons. The zero-order valence-electron chi connectivity index (χ0n) is 12.0. The minimum Gasteiger partial charge on any atom is -0.0991 e. The van der Waals surface area contributed by atoms with Crippen molar-refractivity contribution < 1.29 is 0 Å².